The minimum Gasteiger partial charge on any atom is -0.454 e. The lowest BCUT2D eigenvalue weighted by molar-refractivity contribution is 0.0994. The number of carbonyl (C=O) groups excluding carboxylic acids is 1. The highest BCUT2D eigenvalue weighted by Crippen LogP contribution is 2.32. The molecule has 4 N–H and O–H groups in total. The van der Waals surface area contributed by atoms with E-state index >= 15 is 0 Å². The molecule has 2 aromatic heterocycles. The predicted octanol–water partition coefficient (Wildman–Crippen LogP) is 3.58. The van der Waals surface area contributed by atoms with Crippen LogP contribution >= 0.6 is 0 Å². The summed E-state index contributed by atoms with van der Waals surface area (Å²) in [6, 6.07) is 9.77. The molecule has 9 heteroatoms. The number of primary amides is 1. The van der Waals surface area contributed by atoms with Crippen molar-refractivity contribution in [1.82, 2.24) is 19.9 Å². The summed E-state index contributed by atoms with van der Waals surface area (Å²) in [6.45, 7) is 1.79. The number of fused-ring (bicyclic) bond motifs is 1. The fourth-order valence-corrected chi connectivity index (χ4v) is 3.95. The largest absolute Gasteiger partial charge is 0.454 e. The Bertz CT molecular complexity index is 1270. The third-order valence-electron chi connectivity index (χ3n) is 5.47. The Morgan fingerprint density at radius 3 is 2.68 bits per heavy atom. The van der Waals surface area contributed by atoms with Crippen LogP contribution < -0.4 is 15.8 Å². The fraction of sp³-hybridized carbons (Fsp3) is 0.182. The summed E-state index contributed by atoms with van der Waals surface area (Å²) in [5.74, 6) is -1.49. The number of amides is 1. The van der Waals surface area contributed by atoms with Gasteiger partial charge in [-0.1, -0.05) is 0 Å². The first-order chi connectivity index (χ1) is 15.0. The Morgan fingerprint density at radius 2 is 2.00 bits per heavy atom. The van der Waals surface area contributed by atoms with Gasteiger partial charge in [-0.2, -0.15) is 0 Å². The molecule has 1 atom stereocenters. The van der Waals surface area contributed by atoms with Crippen LogP contribution in [0.1, 0.15) is 28.4 Å². The molecule has 158 valence electrons. The van der Waals surface area contributed by atoms with Gasteiger partial charge < -0.3 is 15.8 Å². The summed E-state index contributed by atoms with van der Waals surface area (Å²) in [7, 11) is 0. The van der Waals surface area contributed by atoms with E-state index in [-0.39, 0.29) is 11.4 Å². The summed E-state index contributed by atoms with van der Waals surface area (Å²) in [5.41, 5.74) is 8.73. The molecule has 0 bridgehead atoms. The van der Waals surface area contributed by atoms with Crippen LogP contribution in [0.2, 0.25) is 0 Å². The average molecular weight is 423 g/mol. The number of benzene rings is 2. The van der Waals surface area contributed by atoms with E-state index in [2.05, 4.69) is 10.4 Å². The molecule has 1 saturated heterocycles. The number of ether oxygens (including phenoxy) is 1. The molecule has 1 fully saturated rings. The SMILES string of the molecule is NC(=O)c1c(-c2ccc(Oc3ccc(F)cc3F)cc2)nc2c(C3CCNC3)c[nH]n12. The van der Waals surface area contributed by atoms with E-state index < -0.39 is 17.5 Å². The van der Waals surface area contributed by atoms with Crippen molar-refractivity contribution < 1.29 is 18.3 Å². The van der Waals surface area contributed by atoms with Crippen molar-refractivity contribution in [2.45, 2.75) is 12.3 Å². The zero-order valence-electron chi connectivity index (χ0n) is 16.4. The number of H-pyrrole nitrogens is 1. The molecular weight excluding hydrogens is 404 g/mol. The van der Waals surface area contributed by atoms with Gasteiger partial charge in [-0.3, -0.25) is 9.89 Å². The van der Waals surface area contributed by atoms with E-state index in [4.69, 9.17) is 15.5 Å². The third-order valence-corrected chi connectivity index (χ3v) is 5.47. The standard InChI is InChI=1S/C22H19F2N5O2/c23-14-3-6-18(17(24)9-14)31-15-4-1-12(2-5-15)19-20(21(25)30)29-22(28-19)16(11-27-29)13-7-8-26-10-13/h1-6,9,11,13,26-27H,7-8,10H2,(H2,25,30). The lowest BCUT2D eigenvalue weighted by Crippen LogP contribution is -2.15. The van der Waals surface area contributed by atoms with Crippen molar-refractivity contribution in [3.63, 3.8) is 0 Å². The van der Waals surface area contributed by atoms with Crippen molar-refractivity contribution in [3.8, 4) is 22.8 Å². The maximum absolute atomic E-state index is 13.8. The van der Waals surface area contributed by atoms with Gasteiger partial charge in [0.2, 0.25) is 0 Å². The smallest absolute Gasteiger partial charge is 0.269 e. The number of aromatic amines is 1. The maximum atomic E-state index is 13.8. The summed E-state index contributed by atoms with van der Waals surface area (Å²) in [4.78, 5) is 16.9. The van der Waals surface area contributed by atoms with Gasteiger partial charge in [-0.05, 0) is 49.4 Å². The van der Waals surface area contributed by atoms with E-state index in [0.717, 1.165) is 37.2 Å². The molecule has 0 radical (unpaired) electrons. The molecule has 1 amide bonds. The number of nitrogens with one attached hydrogen (secondary N) is 2. The van der Waals surface area contributed by atoms with Gasteiger partial charge in [-0.15, -0.1) is 0 Å². The summed E-state index contributed by atoms with van der Waals surface area (Å²) in [6.07, 6.45) is 2.86. The number of hydrogen-bond acceptors (Lipinski definition) is 4. The number of hydrogen-bond donors (Lipinski definition) is 3. The quantitative estimate of drug-likeness (QED) is 0.457. The number of imidazole rings is 1. The summed E-state index contributed by atoms with van der Waals surface area (Å²) in [5, 5.41) is 6.42. The predicted molar refractivity (Wildman–Crippen MR) is 110 cm³/mol. The molecule has 1 aliphatic rings. The molecule has 7 nitrogen and oxygen atoms in total. The molecule has 1 unspecified atom stereocenters. The summed E-state index contributed by atoms with van der Waals surface area (Å²) < 4.78 is 34.0. The van der Waals surface area contributed by atoms with Crippen LogP contribution in [0.3, 0.4) is 0 Å². The highest BCUT2D eigenvalue weighted by molar-refractivity contribution is 5.98. The Kier molecular flexibility index (Phi) is 4.67. The molecule has 2 aromatic carbocycles. The Morgan fingerprint density at radius 1 is 1.19 bits per heavy atom. The molecule has 4 aromatic rings. The Labute approximate surface area is 175 Å². The first-order valence-electron chi connectivity index (χ1n) is 9.85. The van der Waals surface area contributed by atoms with Crippen molar-refractivity contribution >= 4 is 11.6 Å². The minimum atomic E-state index is -0.794. The van der Waals surface area contributed by atoms with Crippen LogP contribution in [0.4, 0.5) is 8.78 Å². The maximum Gasteiger partial charge on any atom is 0.269 e. The molecule has 5 rings (SSSR count). The number of nitrogens with zero attached hydrogens (tertiary/aromatic N) is 2. The molecule has 0 saturated carbocycles. The van der Waals surface area contributed by atoms with Crippen molar-refractivity contribution in [2.75, 3.05) is 13.1 Å². The monoisotopic (exact) mass is 423 g/mol. The van der Waals surface area contributed by atoms with Crippen molar-refractivity contribution in [1.29, 1.82) is 0 Å². The van der Waals surface area contributed by atoms with Gasteiger partial charge in [-0.25, -0.2) is 18.3 Å². The summed E-state index contributed by atoms with van der Waals surface area (Å²) >= 11 is 0. The van der Waals surface area contributed by atoms with Crippen LogP contribution in [0.25, 0.3) is 16.9 Å². The number of carbonyl (C=O) groups is 1. The molecule has 0 spiro atoms. The molecule has 1 aliphatic heterocycles. The van der Waals surface area contributed by atoms with E-state index in [1.807, 2.05) is 6.20 Å². The van der Waals surface area contributed by atoms with Crippen LogP contribution in [0, 0.1) is 11.6 Å². The van der Waals surface area contributed by atoms with Gasteiger partial charge in [0.1, 0.15) is 17.3 Å². The fourth-order valence-electron chi connectivity index (χ4n) is 3.95. The number of halogens is 2. The second kappa shape index (κ2) is 7.51. The highest BCUT2D eigenvalue weighted by atomic mass is 19.1. The van der Waals surface area contributed by atoms with Crippen LogP contribution in [-0.4, -0.2) is 33.6 Å². The van der Waals surface area contributed by atoms with Gasteiger partial charge >= 0.3 is 0 Å². The van der Waals surface area contributed by atoms with E-state index in [1.165, 1.54) is 6.07 Å². The highest BCUT2D eigenvalue weighted by Gasteiger charge is 2.26. The first kappa shape index (κ1) is 19.3. The molecule has 0 aliphatic carbocycles. The average Bonchev–Trinajstić information content (AvgIpc) is 3.46. The third kappa shape index (κ3) is 3.42. The molecule has 31 heavy (non-hydrogen) atoms. The van der Waals surface area contributed by atoms with Gasteiger partial charge in [0, 0.05) is 35.9 Å². The van der Waals surface area contributed by atoms with E-state index in [0.29, 0.717) is 28.6 Å². The topological polar surface area (TPSA) is 97.4 Å². The van der Waals surface area contributed by atoms with Crippen LogP contribution in [0.5, 0.6) is 11.5 Å². The Hall–Kier alpha value is -3.72. The minimum absolute atomic E-state index is 0.0860. The second-order valence-electron chi connectivity index (χ2n) is 7.45. The molecule has 3 heterocycles. The Balaban J connectivity index is 1.49. The van der Waals surface area contributed by atoms with Gasteiger partial charge in [0.15, 0.2) is 22.9 Å². The number of aromatic nitrogens is 3. The van der Waals surface area contributed by atoms with Crippen molar-refractivity contribution in [3.05, 3.63) is 71.6 Å². The normalized spacial score (nSPS) is 16.1. The second-order valence-corrected chi connectivity index (χ2v) is 7.45. The number of rotatable bonds is 5. The number of nitrogens with two attached hydrogens (primary N) is 1. The molecular formula is C22H19F2N5O2. The lowest BCUT2D eigenvalue weighted by atomic mass is 10.0. The zero-order chi connectivity index (χ0) is 21.5. The van der Waals surface area contributed by atoms with Gasteiger partial charge in [0.05, 0.1) is 0 Å². The van der Waals surface area contributed by atoms with E-state index in [9.17, 15) is 13.6 Å². The van der Waals surface area contributed by atoms with Crippen LogP contribution in [-0.2, 0) is 0 Å². The van der Waals surface area contributed by atoms with E-state index in [1.54, 1.807) is 28.8 Å². The van der Waals surface area contributed by atoms with Gasteiger partial charge in [0.25, 0.3) is 5.91 Å². The first-order valence-corrected chi connectivity index (χ1v) is 9.85. The lowest BCUT2D eigenvalue weighted by Gasteiger charge is -2.08. The van der Waals surface area contributed by atoms with Crippen LogP contribution in [0.15, 0.2) is 48.7 Å². The zero-order valence-corrected chi connectivity index (χ0v) is 16.4. The van der Waals surface area contributed by atoms with Crippen molar-refractivity contribution in [2.24, 2.45) is 5.73 Å².